The molecular weight excluding hydrogens is 504 g/mol. The van der Waals surface area contributed by atoms with E-state index in [1.165, 1.54) is 12.1 Å². The second-order valence-corrected chi connectivity index (χ2v) is 10.0. The van der Waals surface area contributed by atoms with Crippen molar-refractivity contribution in [3.8, 4) is 0 Å². The number of aryl methyl sites for hydroxylation is 1. The molecule has 1 heterocycles. The number of nitrogens with zero attached hydrogens (tertiary/aromatic N) is 1. The topological polar surface area (TPSA) is 59.0 Å². The number of benzene rings is 2. The smallest absolute Gasteiger partial charge is 0.330 e. The monoisotopic (exact) mass is 537 g/mol. The van der Waals surface area contributed by atoms with E-state index in [0.717, 1.165) is 31.4 Å². The van der Waals surface area contributed by atoms with Crippen LogP contribution < -0.4 is 0 Å². The molecule has 0 aliphatic carbocycles. The lowest BCUT2D eigenvalue weighted by Gasteiger charge is -2.27. The largest absolute Gasteiger partial charge is 0.463 e. The zero-order valence-corrected chi connectivity index (χ0v) is 22.5. The van der Waals surface area contributed by atoms with E-state index < -0.39 is 18.2 Å². The number of β-amino-alcohol motifs (C(OH)–C–C–N with tert-alkyl or cyclic N) is 1. The van der Waals surface area contributed by atoms with Crippen molar-refractivity contribution in [1.29, 1.82) is 0 Å². The molecular formula is C28H34Cl2FNO4. The van der Waals surface area contributed by atoms with Gasteiger partial charge in [-0.3, -0.25) is 4.90 Å². The lowest BCUT2D eigenvalue weighted by molar-refractivity contribution is -0.137. The SMILES string of the molecule is CCOC(=O)/C=C/c1cc(C)c(F)cc1[C@@H](C)OCC(O)CN1CCC[C@H]1Cc1ccc(Cl)c(Cl)c1. The summed E-state index contributed by atoms with van der Waals surface area (Å²) in [6, 6.07) is 9.10. The maximum atomic E-state index is 14.3. The van der Waals surface area contributed by atoms with Crippen LogP contribution in [0, 0.1) is 12.7 Å². The number of ether oxygens (including phenoxy) is 2. The number of hydrogen-bond acceptors (Lipinski definition) is 5. The number of esters is 1. The maximum Gasteiger partial charge on any atom is 0.330 e. The van der Waals surface area contributed by atoms with Crippen LogP contribution in [-0.2, 0) is 20.7 Å². The van der Waals surface area contributed by atoms with Crippen molar-refractivity contribution in [2.24, 2.45) is 0 Å². The Hall–Kier alpha value is -1.96. The van der Waals surface area contributed by atoms with Gasteiger partial charge in [-0.05, 0) is 99.2 Å². The quantitative estimate of drug-likeness (QED) is 0.274. The second-order valence-electron chi connectivity index (χ2n) is 9.19. The minimum atomic E-state index is -0.698. The minimum absolute atomic E-state index is 0.105. The highest BCUT2D eigenvalue weighted by Crippen LogP contribution is 2.28. The van der Waals surface area contributed by atoms with Gasteiger partial charge in [-0.1, -0.05) is 29.3 Å². The molecule has 5 nitrogen and oxygen atoms in total. The van der Waals surface area contributed by atoms with Gasteiger partial charge in [0, 0.05) is 18.7 Å². The highest BCUT2D eigenvalue weighted by molar-refractivity contribution is 6.42. The van der Waals surface area contributed by atoms with E-state index in [0.29, 0.717) is 39.3 Å². The van der Waals surface area contributed by atoms with Crippen LogP contribution in [0.5, 0.6) is 0 Å². The molecule has 1 fully saturated rings. The van der Waals surface area contributed by atoms with Crippen LogP contribution in [0.3, 0.4) is 0 Å². The molecule has 1 aliphatic rings. The van der Waals surface area contributed by atoms with Crippen LogP contribution in [0.15, 0.2) is 36.4 Å². The first-order valence-electron chi connectivity index (χ1n) is 12.3. The summed E-state index contributed by atoms with van der Waals surface area (Å²) < 4.78 is 25.2. The third-order valence-corrected chi connectivity index (χ3v) is 7.17. The van der Waals surface area contributed by atoms with Crippen molar-refractivity contribution in [3.63, 3.8) is 0 Å². The predicted octanol–water partition coefficient (Wildman–Crippen LogP) is 6.16. The molecule has 0 bridgehead atoms. The molecule has 0 amide bonds. The number of carbonyl (C=O) groups is 1. The predicted molar refractivity (Wildman–Crippen MR) is 142 cm³/mol. The van der Waals surface area contributed by atoms with Crippen LogP contribution in [0.4, 0.5) is 4.39 Å². The van der Waals surface area contributed by atoms with E-state index in [1.807, 2.05) is 25.1 Å². The van der Waals surface area contributed by atoms with Crippen molar-refractivity contribution in [2.75, 3.05) is 26.3 Å². The summed E-state index contributed by atoms with van der Waals surface area (Å²) in [7, 11) is 0. The second kappa shape index (κ2) is 13.5. The first-order chi connectivity index (χ1) is 17.2. The number of hydrogen-bond donors (Lipinski definition) is 1. The molecule has 36 heavy (non-hydrogen) atoms. The average molecular weight is 538 g/mol. The molecule has 0 radical (unpaired) electrons. The number of likely N-dealkylation sites (tertiary alicyclic amines) is 1. The van der Waals surface area contributed by atoms with Gasteiger partial charge in [0.15, 0.2) is 0 Å². The Balaban J connectivity index is 1.59. The standard InChI is InChI=1S/C28H34Cl2FNO4/c1-4-35-28(34)10-8-21-12-18(2)27(31)15-24(21)19(3)36-17-23(33)16-32-11-5-6-22(32)13-20-7-9-25(29)26(30)14-20/h7-10,12,14-15,19,22-23,33H,4-6,11,13,16-17H2,1-3H3/b10-8+/t19-,22+,23?/m1/s1. The van der Waals surface area contributed by atoms with Gasteiger partial charge in [0.25, 0.3) is 0 Å². The molecule has 1 aliphatic heterocycles. The van der Waals surface area contributed by atoms with Crippen LogP contribution >= 0.6 is 23.2 Å². The highest BCUT2D eigenvalue weighted by Gasteiger charge is 2.27. The third kappa shape index (κ3) is 8.02. The Morgan fingerprint density at radius 3 is 2.78 bits per heavy atom. The molecule has 0 spiro atoms. The fourth-order valence-electron chi connectivity index (χ4n) is 4.54. The molecule has 3 atom stereocenters. The van der Waals surface area contributed by atoms with Crippen molar-refractivity contribution >= 4 is 35.2 Å². The third-order valence-electron chi connectivity index (χ3n) is 6.43. The van der Waals surface area contributed by atoms with Gasteiger partial charge in [-0.2, -0.15) is 0 Å². The zero-order valence-electron chi connectivity index (χ0n) is 21.0. The Morgan fingerprint density at radius 2 is 2.06 bits per heavy atom. The summed E-state index contributed by atoms with van der Waals surface area (Å²) in [5.41, 5.74) is 2.86. The Bertz CT molecular complexity index is 1080. The molecule has 0 saturated carbocycles. The zero-order chi connectivity index (χ0) is 26.2. The fourth-order valence-corrected chi connectivity index (χ4v) is 4.86. The molecule has 1 unspecified atom stereocenters. The van der Waals surface area contributed by atoms with Crippen molar-refractivity contribution in [3.05, 3.63) is 74.5 Å². The van der Waals surface area contributed by atoms with E-state index in [9.17, 15) is 14.3 Å². The van der Waals surface area contributed by atoms with E-state index in [4.69, 9.17) is 32.7 Å². The van der Waals surface area contributed by atoms with Gasteiger partial charge in [0.1, 0.15) is 5.82 Å². The Labute approximate surface area is 222 Å². The average Bonchev–Trinajstić information content (AvgIpc) is 3.26. The molecule has 196 valence electrons. The number of halogens is 3. The lowest BCUT2D eigenvalue weighted by Crippen LogP contribution is -2.39. The van der Waals surface area contributed by atoms with Crippen molar-refractivity contribution in [1.82, 2.24) is 4.90 Å². The van der Waals surface area contributed by atoms with Crippen LogP contribution in [-0.4, -0.2) is 54.4 Å². The molecule has 1 saturated heterocycles. The summed E-state index contributed by atoms with van der Waals surface area (Å²) in [6.07, 6.45) is 4.69. The number of rotatable bonds is 11. The first-order valence-corrected chi connectivity index (χ1v) is 13.1. The van der Waals surface area contributed by atoms with Gasteiger partial charge in [0.2, 0.25) is 0 Å². The van der Waals surface area contributed by atoms with E-state index >= 15 is 0 Å². The molecule has 0 aromatic heterocycles. The summed E-state index contributed by atoms with van der Waals surface area (Å²) in [5.74, 6) is -0.813. The Morgan fingerprint density at radius 1 is 1.28 bits per heavy atom. The lowest BCUT2D eigenvalue weighted by atomic mass is 9.99. The van der Waals surface area contributed by atoms with Crippen LogP contribution in [0.2, 0.25) is 10.0 Å². The molecule has 3 rings (SSSR count). The van der Waals surface area contributed by atoms with Gasteiger partial charge in [-0.15, -0.1) is 0 Å². The summed E-state index contributed by atoms with van der Waals surface area (Å²) in [4.78, 5) is 14.0. The van der Waals surface area contributed by atoms with Gasteiger partial charge in [-0.25, -0.2) is 9.18 Å². The van der Waals surface area contributed by atoms with E-state index in [-0.39, 0.29) is 19.0 Å². The maximum absolute atomic E-state index is 14.3. The van der Waals surface area contributed by atoms with Crippen molar-refractivity contribution < 1.29 is 23.8 Å². The molecule has 1 N–H and O–H groups in total. The number of carbonyl (C=O) groups excluding carboxylic acids is 1. The highest BCUT2D eigenvalue weighted by atomic mass is 35.5. The van der Waals surface area contributed by atoms with E-state index in [1.54, 1.807) is 26.0 Å². The summed E-state index contributed by atoms with van der Waals surface area (Å²) >= 11 is 12.2. The normalized spacial score (nSPS) is 18.0. The molecule has 2 aromatic rings. The van der Waals surface area contributed by atoms with Gasteiger partial charge < -0.3 is 14.6 Å². The summed E-state index contributed by atoms with van der Waals surface area (Å²) in [5, 5.41) is 11.8. The van der Waals surface area contributed by atoms with E-state index in [2.05, 4.69) is 4.90 Å². The number of aliphatic hydroxyl groups excluding tert-OH is 1. The van der Waals surface area contributed by atoms with Crippen molar-refractivity contribution in [2.45, 2.75) is 58.3 Å². The van der Waals surface area contributed by atoms with Gasteiger partial charge >= 0.3 is 5.97 Å². The molecule has 2 aromatic carbocycles. The number of aliphatic hydroxyl groups is 1. The van der Waals surface area contributed by atoms with Crippen LogP contribution in [0.25, 0.3) is 6.08 Å². The fraction of sp³-hybridized carbons (Fsp3) is 0.464. The molecule has 8 heteroatoms. The summed E-state index contributed by atoms with van der Waals surface area (Å²) in [6.45, 7) is 6.98. The van der Waals surface area contributed by atoms with Crippen LogP contribution in [0.1, 0.15) is 55.0 Å². The van der Waals surface area contributed by atoms with Gasteiger partial charge in [0.05, 0.1) is 35.5 Å². The minimum Gasteiger partial charge on any atom is -0.463 e. The Kier molecular flexibility index (Phi) is 10.8. The first kappa shape index (κ1) is 28.6.